The Kier molecular flexibility index (Phi) is 7.99. The largest absolute Gasteiger partial charge is 0.491 e. The summed E-state index contributed by atoms with van der Waals surface area (Å²) in [5, 5.41) is 0. The number of halogens is 1. The summed E-state index contributed by atoms with van der Waals surface area (Å²) in [5.74, 6) is 0.733. The first kappa shape index (κ1) is 21.2. The fraction of sp³-hybridized carbons (Fsp3) is 0.647. The number of hydrogen-bond donors (Lipinski definition) is 1. The number of ether oxygens (including phenoxy) is 1. The fourth-order valence-corrected chi connectivity index (χ4v) is 4.88. The third-order valence-electron chi connectivity index (χ3n) is 4.19. The Morgan fingerprint density at radius 1 is 1.33 bits per heavy atom. The van der Waals surface area contributed by atoms with Crippen LogP contribution in [0.15, 0.2) is 23.1 Å². The van der Waals surface area contributed by atoms with Crippen molar-refractivity contribution in [2.45, 2.75) is 63.5 Å². The Morgan fingerprint density at radius 2 is 2.04 bits per heavy atom. The lowest BCUT2D eigenvalue weighted by Gasteiger charge is -2.34. The summed E-state index contributed by atoms with van der Waals surface area (Å²) in [7, 11) is -3.48. The molecule has 0 saturated carbocycles. The smallest absolute Gasteiger partial charge is 0.243 e. The second kappa shape index (κ2) is 9.04. The molecule has 24 heavy (non-hydrogen) atoms. The lowest BCUT2D eigenvalue weighted by molar-refractivity contribution is 0.240. The van der Waals surface area contributed by atoms with E-state index in [9.17, 15) is 8.42 Å². The topological polar surface area (TPSA) is 72.6 Å². The Balaban J connectivity index is 0.00000288. The molecule has 5 nitrogen and oxygen atoms in total. The average Bonchev–Trinajstić information content (AvgIpc) is 2.49. The van der Waals surface area contributed by atoms with Gasteiger partial charge in [0, 0.05) is 12.6 Å². The van der Waals surface area contributed by atoms with Crippen molar-refractivity contribution >= 4 is 22.4 Å². The molecule has 0 radical (unpaired) electrons. The Labute approximate surface area is 152 Å². The van der Waals surface area contributed by atoms with Crippen molar-refractivity contribution < 1.29 is 13.2 Å². The fourth-order valence-electron chi connectivity index (χ4n) is 3.08. The number of rotatable bonds is 6. The number of nitrogens with zero attached hydrogens (tertiary/aromatic N) is 1. The van der Waals surface area contributed by atoms with Crippen molar-refractivity contribution in [3.05, 3.63) is 23.8 Å². The molecule has 138 valence electrons. The van der Waals surface area contributed by atoms with Crippen molar-refractivity contribution in [2.75, 3.05) is 13.1 Å². The van der Waals surface area contributed by atoms with E-state index in [-0.39, 0.29) is 24.6 Å². The number of nitrogens with two attached hydrogens (primary N) is 1. The van der Waals surface area contributed by atoms with E-state index in [1.165, 1.54) is 0 Å². The molecule has 1 heterocycles. The van der Waals surface area contributed by atoms with Gasteiger partial charge in [0.2, 0.25) is 10.0 Å². The SMILES string of the molecule is Cc1cc(S(=O)(=O)N2CCCCC2CCN)ccc1OC(C)C.Cl. The van der Waals surface area contributed by atoms with Gasteiger partial charge in [-0.2, -0.15) is 4.31 Å². The zero-order valence-corrected chi connectivity index (χ0v) is 16.3. The molecule has 0 spiro atoms. The lowest BCUT2D eigenvalue weighted by atomic mass is 10.0. The van der Waals surface area contributed by atoms with E-state index in [0.29, 0.717) is 24.4 Å². The second-order valence-electron chi connectivity index (χ2n) is 6.44. The highest BCUT2D eigenvalue weighted by atomic mass is 35.5. The summed E-state index contributed by atoms with van der Waals surface area (Å²) in [6.45, 7) is 6.88. The molecule has 2 N–H and O–H groups in total. The van der Waals surface area contributed by atoms with Gasteiger partial charge >= 0.3 is 0 Å². The third-order valence-corrected chi connectivity index (χ3v) is 6.14. The maximum absolute atomic E-state index is 13.0. The van der Waals surface area contributed by atoms with E-state index in [0.717, 1.165) is 30.6 Å². The van der Waals surface area contributed by atoms with Crippen molar-refractivity contribution in [2.24, 2.45) is 5.73 Å². The highest BCUT2D eigenvalue weighted by Crippen LogP contribution is 2.29. The molecule has 1 unspecified atom stereocenters. The van der Waals surface area contributed by atoms with E-state index in [1.54, 1.807) is 22.5 Å². The Bertz CT molecular complexity index is 633. The molecular weight excluding hydrogens is 348 g/mol. The van der Waals surface area contributed by atoms with E-state index in [4.69, 9.17) is 10.5 Å². The molecule has 0 aromatic heterocycles. The summed E-state index contributed by atoms with van der Waals surface area (Å²) < 4.78 is 33.3. The molecule has 0 amide bonds. The van der Waals surface area contributed by atoms with Crippen molar-refractivity contribution in [1.82, 2.24) is 4.31 Å². The third kappa shape index (κ3) is 4.85. The van der Waals surface area contributed by atoms with Crippen LogP contribution in [0.1, 0.15) is 45.1 Å². The molecule has 1 atom stereocenters. The monoisotopic (exact) mass is 376 g/mol. The van der Waals surface area contributed by atoms with Crippen LogP contribution in [0, 0.1) is 6.92 Å². The average molecular weight is 377 g/mol. The van der Waals surface area contributed by atoms with Gasteiger partial charge in [-0.1, -0.05) is 6.42 Å². The van der Waals surface area contributed by atoms with Gasteiger partial charge in [-0.05, 0) is 70.3 Å². The maximum Gasteiger partial charge on any atom is 0.243 e. The van der Waals surface area contributed by atoms with E-state index >= 15 is 0 Å². The number of sulfonamides is 1. The lowest BCUT2D eigenvalue weighted by Crippen LogP contribution is -2.44. The predicted octanol–water partition coefficient (Wildman–Crippen LogP) is 3.10. The predicted molar refractivity (Wildman–Crippen MR) is 99.4 cm³/mol. The van der Waals surface area contributed by atoms with Crippen LogP contribution in [0.5, 0.6) is 5.75 Å². The van der Waals surface area contributed by atoms with Crippen LogP contribution in [0.3, 0.4) is 0 Å². The molecule has 1 aromatic rings. The molecule has 1 saturated heterocycles. The zero-order valence-electron chi connectivity index (χ0n) is 14.7. The summed E-state index contributed by atoms with van der Waals surface area (Å²) in [6, 6.07) is 5.13. The quantitative estimate of drug-likeness (QED) is 0.827. The standard InChI is InChI=1S/C17H28N2O3S.ClH/c1-13(2)22-17-8-7-16(12-14(17)3)23(20,21)19-11-5-4-6-15(19)9-10-18;/h7-8,12-13,15H,4-6,9-11,18H2,1-3H3;1H. The van der Waals surface area contributed by atoms with Crippen LogP contribution < -0.4 is 10.5 Å². The molecule has 1 aliphatic heterocycles. The molecule has 1 fully saturated rings. The summed E-state index contributed by atoms with van der Waals surface area (Å²) in [5.41, 5.74) is 6.50. The van der Waals surface area contributed by atoms with Gasteiger partial charge in [0.15, 0.2) is 0 Å². The number of aryl methyl sites for hydroxylation is 1. The summed E-state index contributed by atoms with van der Waals surface area (Å²) in [4.78, 5) is 0.343. The van der Waals surface area contributed by atoms with Crippen molar-refractivity contribution in [3.63, 3.8) is 0 Å². The van der Waals surface area contributed by atoms with Crippen molar-refractivity contribution in [1.29, 1.82) is 0 Å². The van der Waals surface area contributed by atoms with E-state index in [2.05, 4.69) is 0 Å². The van der Waals surface area contributed by atoms with Crippen LogP contribution in [-0.2, 0) is 10.0 Å². The van der Waals surface area contributed by atoms with Gasteiger partial charge in [-0.3, -0.25) is 0 Å². The van der Waals surface area contributed by atoms with Gasteiger partial charge in [0.05, 0.1) is 11.0 Å². The summed E-state index contributed by atoms with van der Waals surface area (Å²) >= 11 is 0. The van der Waals surface area contributed by atoms with E-state index in [1.807, 2.05) is 20.8 Å². The van der Waals surface area contributed by atoms with Crippen molar-refractivity contribution in [3.8, 4) is 5.75 Å². The number of piperidine rings is 1. The minimum absolute atomic E-state index is 0. The van der Waals surface area contributed by atoms with Crippen LogP contribution >= 0.6 is 12.4 Å². The van der Waals surface area contributed by atoms with Crippen LogP contribution in [0.4, 0.5) is 0 Å². The first-order valence-electron chi connectivity index (χ1n) is 8.35. The van der Waals surface area contributed by atoms with Crippen LogP contribution in [0.25, 0.3) is 0 Å². The number of hydrogen-bond acceptors (Lipinski definition) is 4. The van der Waals surface area contributed by atoms with E-state index < -0.39 is 10.0 Å². The molecule has 0 bridgehead atoms. The minimum atomic E-state index is -3.48. The maximum atomic E-state index is 13.0. The molecular formula is C17H29ClN2O3S. The van der Waals surface area contributed by atoms with Gasteiger partial charge in [-0.25, -0.2) is 8.42 Å². The van der Waals surface area contributed by atoms with Crippen LogP contribution in [0.2, 0.25) is 0 Å². The first-order valence-corrected chi connectivity index (χ1v) is 9.79. The summed E-state index contributed by atoms with van der Waals surface area (Å²) in [6.07, 6.45) is 3.65. The molecule has 0 aliphatic carbocycles. The Morgan fingerprint density at radius 3 is 2.62 bits per heavy atom. The highest BCUT2D eigenvalue weighted by molar-refractivity contribution is 7.89. The second-order valence-corrected chi connectivity index (χ2v) is 8.33. The van der Waals surface area contributed by atoms with Gasteiger partial charge in [-0.15, -0.1) is 12.4 Å². The molecule has 2 rings (SSSR count). The molecule has 1 aliphatic rings. The number of benzene rings is 1. The minimum Gasteiger partial charge on any atom is -0.491 e. The molecule has 7 heteroatoms. The highest BCUT2D eigenvalue weighted by Gasteiger charge is 2.33. The zero-order chi connectivity index (χ0) is 17.0. The van der Waals surface area contributed by atoms with Gasteiger partial charge in [0.1, 0.15) is 5.75 Å². The molecule has 1 aromatic carbocycles. The normalized spacial score (nSPS) is 19.1. The first-order chi connectivity index (χ1) is 10.9. The van der Waals surface area contributed by atoms with Gasteiger partial charge < -0.3 is 10.5 Å². The van der Waals surface area contributed by atoms with Gasteiger partial charge in [0.25, 0.3) is 0 Å². The Hall–Kier alpha value is -0.820. The van der Waals surface area contributed by atoms with Crippen LogP contribution in [-0.4, -0.2) is 38.0 Å².